The van der Waals surface area contributed by atoms with Crippen molar-refractivity contribution in [3.05, 3.63) is 18.0 Å². The van der Waals surface area contributed by atoms with Crippen LogP contribution in [-0.4, -0.2) is 41.4 Å². The minimum absolute atomic E-state index is 0.0780. The average Bonchev–Trinajstić information content (AvgIpc) is 2.94. The fraction of sp³-hybridized carbons (Fsp3) is 0.667. The highest BCUT2D eigenvalue weighted by molar-refractivity contribution is 5.98. The van der Waals surface area contributed by atoms with E-state index in [2.05, 4.69) is 17.3 Å². The molecule has 0 radical (unpaired) electrons. The molecule has 2 rings (SSSR count). The minimum atomic E-state index is -0.0780. The van der Waals surface area contributed by atoms with E-state index in [4.69, 9.17) is 4.74 Å². The van der Waals surface area contributed by atoms with Crippen LogP contribution in [0, 0.1) is 5.92 Å². The first-order valence-electron chi connectivity index (χ1n) is 6.06. The van der Waals surface area contributed by atoms with Gasteiger partial charge in [0.15, 0.2) is 5.78 Å². The number of carbonyl (C=O) groups excluding carboxylic acids is 1. The lowest BCUT2D eigenvalue weighted by atomic mass is 9.95. The largest absolute Gasteiger partial charge is 0.379 e. The molecule has 5 heteroatoms. The molecule has 1 aromatic rings. The van der Waals surface area contributed by atoms with Crippen LogP contribution in [0.3, 0.4) is 0 Å². The summed E-state index contributed by atoms with van der Waals surface area (Å²) in [4.78, 5) is 12.3. The molecule has 5 nitrogen and oxygen atoms in total. The van der Waals surface area contributed by atoms with Crippen LogP contribution in [0.4, 0.5) is 0 Å². The van der Waals surface area contributed by atoms with E-state index >= 15 is 0 Å². The molecule has 2 heterocycles. The van der Waals surface area contributed by atoms with Crippen molar-refractivity contribution in [2.75, 3.05) is 19.8 Å². The Kier molecular flexibility index (Phi) is 3.91. The summed E-state index contributed by atoms with van der Waals surface area (Å²) >= 11 is 0. The van der Waals surface area contributed by atoms with E-state index in [1.807, 2.05) is 7.05 Å². The van der Waals surface area contributed by atoms with Gasteiger partial charge in [0, 0.05) is 19.3 Å². The third-order valence-electron chi connectivity index (χ3n) is 3.06. The third-order valence-corrected chi connectivity index (χ3v) is 3.06. The zero-order chi connectivity index (χ0) is 12.3. The predicted molar refractivity (Wildman–Crippen MR) is 63.9 cm³/mol. The highest BCUT2D eigenvalue weighted by atomic mass is 16.5. The van der Waals surface area contributed by atoms with Crippen LogP contribution in [0.2, 0.25) is 0 Å². The fourth-order valence-corrected chi connectivity index (χ4v) is 2.11. The zero-order valence-electron chi connectivity index (χ0n) is 10.3. The van der Waals surface area contributed by atoms with Gasteiger partial charge in [-0.2, -0.15) is 5.10 Å². The van der Waals surface area contributed by atoms with Gasteiger partial charge in [0.25, 0.3) is 0 Å². The number of rotatable bonds is 5. The smallest absolute Gasteiger partial charge is 0.173 e. The van der Waals surface area contributed by atoms with Gasteiger partial charge in [-0.3, -0.25) is 9.48 Å². The van der Waals surface area contributed by atoms with E-state index in [-0.39, 0.29) is 17.7 Å². The van der Waals surface area contributed by atoms with E-state index < -0.39 is 0 Å². The lowest BCUT2D eigenvalue weighted by Crippen LogP contribution is -2.39. The Morgan fingerprint density at radius 1 is 1.65 bits per heavy atom. The number of hydrogen-bond donors (Lipinski definition) is 1. The fourth-order valence-electron chi connectivity index (χ4n) is 2.11. The van der Waals surface area contributed by atoms with Crippen LogP contribution < -0.4 is 5.32 Å². The molecule has 0 saturated carbocycles. The summed E-state index contributed by atoms with van der Waals surface area (Å²) in [6.45, 7) is 4.16. The summed E-state index contributed by atoms with van der Waals surface area (Å²) in [5, 5.41) is 7.40. The molecule has 1 aliphatic heterocycles. The number of ketones is 1. The first-order valence-corrected chi connectivity index (χ1v) is 6.06. The highest BCUT2D eigenvalue weighted by Gasteiger charge is 2.34. The second-order valence-electron chi connectivity index (χ2n) is 4.47. The Balaban J connectivity index is 2.03. The number of nitrogens with one attached hydrogen (secondary N) is 1. The number of ether oxygens (including phenoxy) is 1. The van der Waals surface area contributed by atoms with Crippen molar-refractivity contribution in [3.8, 4) is 0 Å². The maximum Gasteiger partial charge on any atom is 0.173 e. The van der Waals surface area contributed by atoms with Gasteiger partial charge >= 0.3 is 0 Å². The van der Waals surface area contributed by atoms with E-state index in [0.29, 0.717) is 18.8 Å². The lowest BCUT2D eigenvalue weighted by molar-refractivity contribution is 0.0891. The molecule has 0 bridgehead atoms. The van der Waals surface area contributed by atoms with E-state index in [1.54, 1.807) is 17.1 Å². The van der Waals surface area contributed by atoms with Gasteiger partial charge in [-0.05, 0) is 13.0 Å². The first kappa shape index (κ1) is 12.3. The molecule has 94 valence electrons. The van der Waals surface area contributed by atoms with Crippen molar-refractivity contribution < 1.29 is 9.53 Å². The summed E-state index contributed by atoms with van der Waals surface area (Å²) in [5.74, 6) is 0.0509. The lowest BCUT2D eigenvalue weighted by Gasteiger charge is -2.16. The van der Waals surface area contributed by atoms with Crippen molar-refractivity contribution >= 4 is 5.78 Å². The van der Waals surface area contributed by atoms with Crippen LogP contribution in [-0.2, 0) is 11.8 Å². The quantitative estimate of drug-likeness (QED) is 0.763. The first-order chi connectivity index (χ1) is 8.22. The SMILES string of the molecule is CCCNC1COCC1C(=O)c1cnn(C)c1. The van der Waals surface area contributed by atoms with E-state index in [1.165, 1.54) is 0 Å². The molecule has 0 aliphatic carbocycles. The molecule has 17 heavy (non-hydrogen) atoms. The topological polar surface area (TPSA) is 56.1 Å². The van der Waals surface area contributed by atoms with Gasteiger partial charge in [-0.15, -0.1) is 0 Å². The molecule has 0 spiro atoms. The molecule has 1 aromatic heterocycles. The molecule has 1 saturated heterocycles. The summed E-state index contributed by atoms with van der Waals surface area (Å²) in [7, 11) is 1.81. The number of aromatic nitrogens is 2. The Morgan fingerprint density at radius 2 is 2.47 bits per heavy atom. The Morgan fingerprint density at radius 3 is 3.12 bits per heavy atom. The Bertz CT molecular complexity index is 389. The Labute approximate surface area is 101 Å². The highest BCUT2D eigenvalue weighted by Crippen LogP contribution is 2.19. The summed E-state index contributed by atoms with van der Waals surface area (Å²) < 4.78 is 7.06. The minimum Gasteiger partial charge on any atom is -0.379 e. The van der Waals surface area contributed by atoms with Gasteiger partial charge < -0.3 is 10.1 Å². The van der Waals surface area contributed by atoms with E-state index in [0.717, 1.165) is 13.0 Å². The number of carbonyl (C=O) groups is 1. The van der Waals surface area contributed by atoms with Crippen LogP contribution in [0.15, 0.2) is 12.4 Å². The van der Waals surface area contributed by atoms with Crippen LogP contribution in [0.5, 0.6) is 0 Å². The average molecular weight is 237 g/mol. The van der Waals surface area contributed by atoms with Gasteiger partial charge in [0.1, 0.15) is 0 Å². The molecule has 2 atom stereocenters. The third kappa shape index (κ3) is 2.73. The molecule has 1 N–H and O–H groups in total. The molecule has 1 aliphatic rings. The zero-order valence-corrected chi connectivity index (χ0v) is 10.3. The van der Waals surface area contributed by atoms with Gasteiger partial charge in [0.2, 0.25) is 0 Å². The van der Waals surface area contributed by atoms with Crippen molar-refractivity contribution in [1.29, 1.82) is 0 Å². The van der Waals surface area contributed by atoms with E-state index in [9.17, 15) is 4.79 Å². The maximum absolute atomic E-state index is 12.3. The van der Waals surface area contributed by atoms with Crippen LogP contribution in [0.1, 0.15) is 23.7 Å². The van der Waals surface area contributed by atoms with Crippen LogP contribution >= 0.6 is 0 Å². The number of nitrogens with zero attached hydrogens (tertiary/aromatic N) is 2. The van der Waals surface area contributed by atoms with Gasteiger partial charge in [0.05, 0.1) is 30.9 Å². The van der Waals surface area contributed by atoms with Crippen LogP contribution in [0.25, 0.3) is 0 Å². The standard InChI is InChI=1S/C12H19N3O2/c1-3-4-13-11-8-17-7-10(11)12(16)9-5-14-15(2)6-9/h5-6,10-11,13H,3-4,7-8H2,1-2H3. The predicted octanol–water partition coefficient (Wildman–Crippen LogP) is 0.617. The molecule has 2 unspecified atom stereocenters. The summed E-state index contributed by atoms with van der Waals surface area (Å²) in [6.07, 6.45) is 4.44. The molecular weight excluding hydrogens is 218 g/mol. The molecule has 0 amide bonds. The van der Waals surface area contributed by atoms with Gasteiger partial charge in [-0.25, -0.2) is 0 Å². The number of Topliss-reactive ketones (excluding diaryl/α,β-unsaturated/α-hetero) is 1. The van der Waals surface area contributed by atoms with Crippen molar-refractivity contribution in [3.63, 3.8) is 0 Å². The molecular formula is C12H19N3O2. The second-order valence-corrected chi connectivity index (χ2v) is 4.47. The van der Waals surface area contributed by atoms with Gasteiger partial charge in [-0.1, -0.05) is 6.92 Å². The van der Waals surface area contributed by atoms with Crippen molar-refractivity contribution in [2.24, 2.45) is 13.0 Å². The van der Waals surface area contributed by atoms with Crippen molar-refractivity contribution in [1.82, 2.24) is 15.1 Å². The summed E-state index contributed by atoms with van der Waals surface area (Å²) in [6, 6.07) is 0.141. The Hall–Kier alpha value is -1.20. The number of hydrogen-bond acceptors (Lipinski definition) is 4. The second kappa shape index (κ2) is 5.42. The normalized spacial score (nSPS) is 24.1. The molecule has 0 aromatic carbocycles. The van der Waals surface area contributed by atoms with Crippen molar-refractivity contribution in [2.45, 2.75) is 19.4 Å². The monoisotopic (exact) mass is 237 g/mol. The maximum atomic E-state index is 12.3. The summed E-state index contributed by atoms with van der Waals surface area (Å²) in [5.41, 5.74) is 0.672. The molecule has 1 fully saturated rings. The number of aryl methyl sites for hydroxylation is 1.